The van der Waals surface area contributed by atoms with Gasteiger partial charge in [-0.25, -0.2) is 4.98 Å². The van der Waals surface area contributed by atoms with Crippen LogP contribution in [-0.4, -0.2) is 16.9 Å². The van der Waals surface area contributed by atoms with Crippen LogP contribution in [0.15, 0.2) is 82.8 Å². The topological polar surface area (TPSA) is 72.6 Å². The molecule has 0 spiro atoms. The highest BCUT2D eigenvalue weighted by Gasteiger charge is 2.19. The lowest BCUT2D eigenvalue weighted by Crippen LogP contribution is -2.22. The average molecular weight is 457 g/mol. The van der Waals surface area contributed by atoms with Crippen LogP contribution in [-0.2, 0) is 27.4 Å². The number of furan rings is 1. The molecule has 0 N–H and O–H groups in total. The average Bonchev–Trinajstić information content (AvgIpc) is 3.46. The monoisotopic (exact) mass is 456 g/mol. The summed E-state index contributed by atoms with van der Waals surface area (Å²) in [6.45, 7) is 1.53. The lowest BCUT2D eigenvalue weighted by Gasteiger charge is -2.17. The minimum atomic E-state index is -0.369. The van der Waals surface area contributed by atoms with Gasteiger partial charge >= 0.3 is 5.97 Å². The number of fused-ring (bicyclic) bond motifs is 3. The number of carbonyl (C=O) groups is 2. The fraction of sp³-hybridized carbons (Fsp3) is 0.115. The minimum absolute atomic E-state index is 0.0341. The number of hydrogen-bond donors (Lipinski definition) is 0. The number of amides is 1. The van der Waals surface area contributed by atoms with Gasteiger partial charge in [-0.1, -0.05) is 48.5 Å². The van der Waals surface area contributed by atoms with Gasteiger partial charge in [-0.3, -0.25) is 14.5 Å². The number of esters is 1. The van der Waals surface area contributed by atoms with Crippen LogP contribution in [0.4, 0.5) is 10.8 Å². The van der Waals surface area contributed by atoms with Crippen molar-refractivity contribution < 1.29 is 18.7 Å². The molecule has 3 aromatic carbocycles. The summed E-state index contributed by atoms with van der Waals surface area (Å²) in [6.07, 6.45) is 1.71. The first-order valence-corrected chi connectivity index (χ1v) is 11.3. The Kier molecular flexibility index (Phi) is 5.62. The van der Waals surface area contributed by atoms with Crippen LogP contribution in [0.25, 0.3) is 21.7 Å². The molecule has 2 heterocycles. The van der Waals surface area contributed by atoms with E-state index in [4.69, 9.17) is 9.15 Å². The molecule has 0 aliphatic rings. The Bertz CT molecular complexity index is 1460. The van der Waals surface area contributed by atoms with E-state index >= 15 is 0 Å². The summed E-state index contributed by atoms with van der Waals surface area (Å²) in [5.41, 5.74) is 2.86. The van der Waals surface area contributed by atoms with E-state index in [2.05, 4.69) is 4.98 Å². The number of carbonyl (C=O) groups excluding carboxylic acids is 2. The molecule has 1 amide bonds. The van der Waals surface area contributed by atoms with Crippen LogP contribution in [0.3, 0.4) is 0 Å². The van der Waals surface area contributed by atoms with Crippen molar-refractivity contribution in [2.45, 2.75) is 20.0 Å². The first-order chi connectivity index (χ1) is 16.1. The zero-order valence-corrected chi connectivity index (χ0v) is 18.7. The number of benzene rings is 3. The minimum Gasteiger partial charge on any atom is -0.464 e. The highest BCUT2D eigenvalue weighted by Crippen LogP contribution is 2.31. The molecule has 0 aliphatic carbocycles. The molecule has 0 saturated carbocycles. The van der Waals surface area contributed by atoms with Gasteiger partial charge in [-0.05, 0) is 29.0 Å². The second-order valence-corrected chi connectivity index (χ2v) is 8.41. The van der Waals surface area contributed by atoms with Crippen LogP contribution in [0.2, 0.25) is 0 Å². The van der Waals surface area contributed by atoms with Crippen LogP contribution in [0.1, 0.15) is 18.2 Å². The van der Waals surface area contributed by atoms with E-state index in [0.29, 0.717) is 10.8 Å². The molecule has 0 bridgehead atoms. The normalized spacial score (nSPS) is 11.1. The first-order valence-electron chi connectivity index (χ1n) is 10.4. The molecule has 0 saturated heterocycles. The van der Waals surface area contributed by atoms with Gasteiger partial charge in [0.25, 0.3) is 0 Å². The Morgan fingerprint density at radius 1 is 1.03 bits per heavy atom. The Hall–Kier alpha value is -3.97. The third-order valence-corrected chi connectivity index (χ3v) is 6.19. The third-order valence-electron chi connectivity index (χ3n) is 5.32. The number of hydrogen-bond acceptors (Lipinski definition) is 6. The molecule has 0 atom stereocenters. The van der Waals surface area contributed by atoms with E-state index in [1.807, 2.05) is 66.7 Å². The van der Waals surface area contributed by atoms with E-state index in [9.17, 15) is 9.59 Å². The maximum absolute atomic E-state index is 12.6. The van der Waals surface area contributed by atoms with Gasteiger partial charge in [-0.15, -0.1) is 11.3 Å². The number of para-hydroxylation sites is 1. The molecule has 0 unspecified atom stereocenters. The number of nitrogens with zero attached hydrogens (tertiary/aromatic N) is 2. The second-order valence-electron chi connectivity index (χ2n) is 7.57. The fourth-order valence-corrected chi connectivity index (χ4v) is 4.71. The zero-order valence-electron chi connectivity index (χ0n) is 17.9. The summed E-state index contributed by atoms with van der Waals surface area (Å²) in [4.78, 5) is 30.8. The Balaban J connectivity index is 1.29. The van der Waals surface area contributed by atoms with E-state index in [1.54, 1.807) is 16.5 Å². The van der Waals surface area contributed by atoms with E-state index in [-0.39, 0.29) is 24.9 Å². The summed E-state index contributed by atoms with van der Waals surface area (Å²) in [7, 11) is 0. The van der Waals surface area contributed by atoms with Gasteiger partial charge in [0.05, 0.1) is 24.1 Å². The molecular formula is C26H20N2O4S. The Morgan fingerprint density at radius 2 is 1.82 bits per heavy atom. The van der Waals surface area contributed by atoms with E-state index in [0.717, 1.165) is 33.0 Å². The number of anilines is 2. The molecule has 0 fully saturated rings. The summed E-state index contributed by atoms with van der Waals surface area (Å²) < 4.78 is 11.1. The fourth-order valence-electron chi connectivity index (χ4n) is 3.83. The van der Waals surface area contributed by atoms with Gasteiger partial charge in [-0.2, -0.15) is 0 Å². The number of thiazole rings is 1. The third kappa shape index (κ3) is 4.23. The van der Waals surface area contributed by atoms with Crippen molar-refractivity contribution in [2.24, 2.45) is 0 Å². The van der Waals surface area contributed by atoms with Crippen LogP contribution in [0, 0.1) is 0 Å². The highest BCUT2D eigenvalue weighted by atomic mass is 32.1. The molecule has 5 rings (SSSR count). The maximum Gasteiger partial charge on any atom is 0.310 e. The lowest BCUT2D eigenvalue weighted by atomic mass is 10.0. The molecule has 5 aromatic rings. The summed E-state index contributed by atoms with van der Waals surface area (Å²) in [5.74, 6) is -0.509. The molecular weight excluding hydrogens is 436 g/mol. The molecule has 6 nitrogen and oxygen atoms in total. The standard InChI is InChI=1S/C26H20N2O4S/c1-17(29)28(21-8-3-2-4-9-21)26-27-20(16-33-26)15-32-24(30)13-19-14-31-23-12-11-18-7-5-6-10-22(18)25(19)23/h2-12,14,16H,13,15H2,1H3. The van der Waals surface area contributed by atoms with Crippen molar-refractivity contribution in [3.8, 4) is 0 Å². The molecule has 33 heavy (non-hydrogen) atoms. The van der Waals surface area contributed by atoms with Crippen molar-refractivity contribution >= 4 is 55.8 Å². The van der Waals surface area contributed by atoms with Crippen molar-refractivity contribution in [2.75, 3.05) is 4.90 Å². The summed E-state index contributed by atoms with van der Waals surface area (Å²) in [6, 6.07) is 21.2. The van der Waals surface area contributed by atoms with E-state index in [1.165, 1.54) is 18.3 Å². The quantitative estimate of drug-likeness (QED) is 0.293. The zero-order chi connectivity index (χ0) is 22.8. The molecule has 0 radical (unpaired) electrons. The number of ether oxygens (including phenoxy) is 1. The predicted octanol–water partition coefficient (Wildman–Crippen LogP) is 6.01. The Morgan fingerprint density at radius 3 is 2.64 bits per heavy atom. The number of rotatable bonds is 6. The second kappa shape index (κ2) is 8.88. The summed E-state index contributed by atoms with van der Waals surface area (Å²) in [5, 5.41) is 5.39. The predicted molar refractivity (Wildman–Crippen MR) is 129 cm³/mol. The maximum atomic E-state index is 12.6. The van der Waals surface area contributed by atoms with Gasteiger partial charge < -0.3 is 9.15 Å². The van der Waals surface area contributed by atoms with Crippen molar-refractivity contribution in [3.05, 3.63) is 89.6 Å². The number of aromatic nitrogens is 1. The van der Waals surface area contributed by atoms with Crippen molar-refractivity contribution in [3.63, 3.8) is 0 Å². The van der Waals surface area contributed by atoms with Crippen LogP contribution in [0.5, 0.6) is 0 Å². The highest BCUT2D eigenvalue weighted by molar-refractivity contribution is 7.14. The van der Waals surface area contributed by atoms with Gasteiger partial charge in [0.1, 0.15) is 12.2 Å². The summed E-state index contributed by atoms with van der Waals surface area (Å²) >= 11 is 1.33. The van der Waals surface area contributed by atoms with Crippen LogP contribution < -0.4 is 4.90 Å². The molecule has 2 aromatic heterocycles. The smallest absolute Gasteiger partial charge is 0.310 e. The first kappa shape index (κ1) is 20.9. The lowest BCUT2D eigenvalue weighted by molar-refractivity contribution is -0.144. The molecule has 7 heteroatoms. The van der Waals surface area contributed by atoms with Gasteiger partial charge in [0.15, 0.2) is 5.13 Å². The largest absolute Gasteiger partial charge is 0.464 e. The van der Waals surface area contributed by atoms with Crippen molar-refractivity contribution in [1.82, 2.24) is 4.98 Å². The Labute approximate surface area is 194 Å². The van der Waals surface area contributed by atoms with Gasteiger partial charge in [0.2, 0.25) is 5.91 Å². The molecule has 164 valence electrons. The van der Waals surface area contributed by atoms with Gasteiger partial charge in [0, 0.05) is 23.3 Å². The SMILES string of the molecule is CC(=O)N(c1ccccc1)c1nc(COC(=O)Cc2coc3ccc4ccccc4c23)cs1. The van der Waals surface area contributed by atoms with Crippen molar-refractivity contribution in [1.29, 1.82) is 0 Å². The van der Waals surface area contributed by atoms with E-state index < -0.39 is 0 Å². The van der Waals surface area contributed by atoms with Crippen LogP contribution >= 0.6 is 11.3 Å². The molecule has 0 aliphatic heterocycles.